The third kappa shape index (κ3) is 5.60. The van der Waals surface area contributed by atoms with Gasteiger partial charge in [0.2, 0.25) is 5.91 Å². The highest BCUT2D eigenvalue weighted by Gasteiger charge is 2.31. The van der Waals surface area contributed by atoms with Gasteiger partial charge in [0.1, 0.15) is 0 Å². The summed E-state index contributed by atoms with van der Waals surface area (Å²) in [5.74, 6) is 1.51. The standard InChI is InChI=1S/C20H36N4O2/c1-2-21-20(22-14-18-10-6-7-13-26-18)23-17-11-12-24(15-17)19(25)16-8-4-3-5-9-16/h16-18H,2-15H2,1H3,(H2,21,22,23). The third-order valence-electron chi connectivity index (χ3n) is 5.87. The molecular weight excluding hydrogens is 328 g/mol. The number of hydrogen-bond acceptors (Lipinski definition) is 3. The van der Waals surface area contributed by atoms with Gasteiger partial charge in [0.05, 0.1) is 12.6 Å². The topological polar surface area (TPSA) is 66.0 Å². The number of nitrogens with one attached hydrogen (secondary N) is 2. The number of ether oxygens (including phenoxy) is 1. The SMILES string of the molecule is CCNC(=NCC1CCCCO1)NC1CCN(C(=O)C2CCCCC2)C1. The second kappa shape index (κ2) is 10.1. The van der Waals surface area contributed by atoms with Crippen LogP contribution in [0.15, 0.2) is 4.99 Å². The van der Waals surface area contributed by atoms with Crippen molar-refractivity contribution in [2.24, 2.45) is 10.9 Å². The molecule has 2 unspecified atom stereocenters. The van der Waals surface area contributed by atoms with Crippen molar-refractivity contribution in [1.82, 2.24) is 15.5 Å². The number of rotatable bonds is 5. The molecule has 0 spiro atoms. The molecule has 6 nitrogen and oxygen atoms in total. The molecule has 0 aromatic heterocycles. The van der Waals surface area contributed by atoms with Gasteiger partial charge in [-0.1, -0.05) is 19.3 Å². The molecule has 2 atom stereocenters. The Balaban J connectivity index is 1.47. The summed E-state index contributed by atoms with van der Waals surface area (Å²) in [6.45, 7) is 6.19. The zero-order chi connectivity index (χ0) is 18.2. The first-order chi connectivity index (χ1) is 12.8. The first kappa shape index (κ1) is 19.5. The van der Waals surface area contributed by atoms with Crippen LogP contribution in [-0.4, -0.2) is 61.7 Å². The minimum absolute atomic E-state index is 0.257. The first-order valence-electron chi connectivity index (χ1n) is 10.7. The molecule has 1 aliphatic carbocycles. The lowest BCUT2D eigenvalue weighted by Crippen LogP contribution is -2.46. The van der Waals surface area contributed by atoms with Crippen LogP contribution < -0.4 is 10.6 Å². The maximum atomic E-state index is 12.7. The molecule has 3 fully saturated rings. The van der Waals surface area contributed by atoms with Crippen LogP contribution in [0.1, 0.15) is 64.7 Å². The number of carbonyl (C=O) groups excluding carboxylic acids is 1. The summed E-state index contributed by atoms with van der Waals surface area (Å²) in [5.41, 5.74) is 0. The van der Waals surface area contributed by atoms with Gasteiger partial charge in [0.15, 0.2) is 5.96 Å². The van der Waals surface area contributed by atoms with Gasteiger partial charge in [-0.15, -0.1) is 0 Å². The zero-order valence-electron chi connectivity index (χ0n) is 16.3. The number of aliphatic imine (C=N–C) groups is 1. The van der Waals surface area contributed by atoms with Crippen molar-refractivity contribution in [3.8, 4) is 0 Å². The van der Waals surface area contributed by atoms with Crippen LogP contribution in [0.4, 0.5) is 0 Å². The molecule has 0 radical (unpaired) electrons. The fourth-order valence-corrected chi connectivity index (χ4v) is 4.34. The van der Waals surface area contributed by atoms with E-state index in [1.54, 1.807) is 0 Å². The van der Waals surface area contributed by atoms with E-state index in [0.717, 1.165) is 57.9 Å². The van der Waals surface area contributed by atoms with Gasteiger partial charge in [0, 0.05) is 38.2 Å². The Morgan fingerprint density at radius 2 is 1.92 bits per heavy atom. The van der Waals surface area contributed by atoms with Crippen molar-refractivity contribution in [2.45, 2.75) is 76.9 Å². The lowest BCUT2D eigenvalue weighted by molar-refractivity contribution is -0.135. The van der Waals surface area contributed by atoms with Crippen LogP contribution in [0.2, 0.25) is 0 Å². The quantitative estimate of drug-likeness (QED) is 0.580. The Morgan fingerprint density at radius 1 is 1.12 bits per heavy atom. The molecule has 1 amide bonds. The van der Waals surface area contributed by atoms with Gasteiger partial charge < -0.3 is 20.3 Å². The fourth-order valence-electron chi connectivity index (χ4n) is 4.34. The van der Waals surface area contributed by atoms with Crippen LogP contribution in [0.25, 0.3) is 0 Å². The molecule has 2 N–H and O–H groups in total. The first-order valence-corrected chi connectivity index (χ1v) is 10.7. The van der Waals surface area contributed by atoms with Gasteiger partial charge in [-0.25, -0.2) is 0 Å². The molecule has 148 valence electrons. The van der Waals surface area contributed by atoms with E-state index in [4.69, 9.17) is 9.73 Å². The summed E-state index contributed by atoms with van der Waals surface area (Å²) < 4.78 is 5.78. The molecule has 0 bridgehead atoms. The highest BCUT2D eigenvalue weighted by molar-refractivity contribution is 5.81. The fraction of sp³-hybridized carbons (Fsp3) is 0.900. The second-order valence-corrected chi connectivity index (χ2v) is 7.96. The van der Waals surface area contributed by atoms with Crippen LogP contribution in [-0.2, 0) is 9.53 Å². The predicted octanol–water partition coefficient (Wildman–Crippen LogP) is 2.29. The van der Waals surface area contributed by atoms with Crippen LogP contribution in [0, 0.1) is 5.92 Å². The predicted molar refractivity (Wildman–Crippen MR) is 104 cm³/mol. The average molecular weight is 365 g/mol. The lowest BCUT2D eigenvalue weighted by Gasteiger charge is -2.26. The Bertz CT molecular complexity index is 470. The number of carbonyl (C=O) groups is 1. The Hall–Kier alpha value is -1.30. The van der Waals surface area contributed by atoms with E-state index in [0.29, 0.717) is 18.5 Å². The van der Waals surface area contributed by atoms with Crippen molar-refractivity contribution in [3.63, 3.8) is 0 Å². The minimum Gasteiger partial charge on any atom is -0.376 e. The number of hydrogen-bond donors (Lipinski definition) is 2. The number of guanidine groups is 1. The van der Waals surface area contributed by atoms with Crippen molar-refractivity contribution in [1.29, 1.82) is 0 Å². The van der Waals surface area contributed by atoms with E-state index in [9.17, 15) is 4.79 Å². The Kier molecular flexibility index (Phi) is 7.59. The maximum absolute atomic E-state index is 12.7. The summed E-state index contributed by atoms with van der Waals surface area (Å²) in [5, 5.41) is 6.87. The number of amides is 1. The van der Waals surface area contributed by atoms with E-state index in [2.05, 4.69) is 22.5 Å². The summed E-state index contributed by atoms with van der Waals surface area (Å²) in [4.78, 5) is 19.5. The smallest absolute Gasteiger partial charge is 0.225 e. The second-order valence-electron chi connectivity index (χ2n) is 7.96. The molecule has 26 heavy (non-hydrogen) atoms. The number of nitrogens with zero attached hydrogens (tertiary/aromatic N) is 2. The van der Waals surface area contributed by atoms with Crippen LogP contribution >= 0.6 is 0 Å². The minimum atomic E-state index is 0.257. The van der Waals surface area contributed by atoms with Crippen molar-refractivity contribution in [3.05, 3.63) is 0 Å². The summed E-state index contributed by atoms with van der Waals surface area (Å²) >= 11 is 0. The normalized spacial score (nSPS) is 28.2. The molecule has 0 aromatic carbocycles. The van der Waals surface area contributed by atoms with E-state index >= 15 is 0 Å². The van der Waals surface area contributed by atoms with Gasteiger partial charge >= 0.3 is 0 Å². The highest BCUT2D eigenvalue weighted by Crippen LogP contribution is 2.26. The largest absolute Gasteiger partial charge is 0.376 e. The van der Waals surface area contributed by atoms with E-state index in [1.807, 2.05) is 0 Å². The molecule has 2 saturated heterocycles. The van der Waals surface area contributed by atoms with E-state index < -0.39 is 0 Å². The van der Waals surface area contributed by atoms with Crippen molar-refractivity contribution >= 4 is 11.9 Å². The average Bonchev–Trinajstić information content (AvgIpc) is 3.16. The van der Waals surface area contributed by atoms with Crippen LogP contribution in [0.3, 0.4) is 0 Å². The molecule has 3 aliphatic rings. The zero-order valence-corrected chi connectivity index (χ0v) is 16.3. The van der Waals surface area contributed by atoms with Crippen molar-refractivity contribution in [2.75, 3.05) is 32.8 Å². The van der Waals surface area contributed by atoms with E-state index in [-0.39, 0.29) is 12.0 Å². The molecule has 0 aromatic rings. The molecule has 1 saturated carbocycles. The molecule has 3 rings (SSSR count). The van der Waals surface area contributed by atoms with Gasteiger partial charge in [-0.05, 0) is 45.4 Å². The summed E-state index contributed by atoms with van der Waals surface area (Å²) in [6.07, 6.45) is 10.7. The monoisotopic (exact) mass is 364 g/mol. The summed E-state index contributed by atoms with van der Waals surface area (Å²) in [6, 6.07) is 0.299. The highest BCUT2D eigenvalue weighted by atomic mass is 16.5. The van der Waals surface area contributed by atoms with Crippen molar-refractivity contribution < 1.29 is 9.53 Å². The number of likely N-dealkylation sites (tertiary alicyclic amines) is 1. The van der Waals surface area contributed by atoms with Gasteiger partial charge in [-0.2, -0.15) is 0 Å². The maximum Gasteiger partial charge on any atom is 0.225 e. The molecule has 2 aliphatic heterocycles. The molecule has 6 heteroatoms. The van der Waals surface area contributed by atoms with Gasteiger partial charge in [0.25, 0.3) is 0 Å². The molecule has 2 heterocycles. The Morgan fingerprint density at radius 3 is 2.65 bits per heavy atom. The summed E-state index contributed by atoms with van der Waals surface area (Å²) in [7, 11) is 0. The Labute approximate surface area is 158 Å². The van der Waals surface area contributed by atoms with Crippen LogP contribution in [0.5, 0.6) is 0 Å². The lowest BCUT2D eigenvalue weighted by atomic mass is 9.88. The third-order valence-corrected chi connectivity index (χ3v) is 5.87. The van der Waals surface area contributed by atoms with E-state index in [1.165, 1.54) is 32.1 Å². The molecular formula is C20H36N4O2. The van der Waals surface area contributed by atoms with Gasteiger partial charge in [-0.3, -0.25) is 9.79 Å².